The fourth-order valence-corrected chi connectivity index (χ4v) is 3.67. The lowest BCUT2D eigenvalue weighted by atomic mass is 9.97. The van der Waals surface area contributed by atoms with E-state index in [9.17, 15) is 9.59 Å². The molecule has 166 valence electrons. The first-order valence-electron chi connectivity index (χ1n) is 10.7. The number of aromatic nitrogens is 2. The Morgan fingerprint density at radius 3 is 2.62 bits per heavy atom. The Bertz CT molecular complexity index is 1120. The van der Waals surface area contributed by atoms with E-state index in [0.29, 0.717) is 37.4 Å². The van der Waals surface area contributed by atoms with E-state index >= 15 is 0 Å². The molecule has 0 radical (unpaired) electrons. The van der Waals surface area contributed by atoms with E-state index in [2.05, 4.69) is 22.4 Å². The largest absolute Gasteiger partial charge is 0.444 e. The third-order valence-corrected chi connectivity index (χ3v) is 5.22. The van der Waals surface area contributed by atoms with Gasteiger partial charge in [-0.05, 0) is 56.0 Å². The summed E-state index contributed by atoms with van der Waals surface area (Å²) in [4.78, 5) is 31.1. The molecule has 7 nitrogen and oxygen atoms in total. The number of benzene rings is 2. The predicted molar refractivity (Wildman–Crippen MR) is 123 cm³/mol. The van der Waals surface area contributed by atoms with Crippen LogP contribution in [0.3, 0.4) is 0 Å². The zero-order valence-corrected chi connectivity index (χ0v) is 18.7. The number of nitrogens with zero attached hydrogens (tertiary/aromatic N) is 3. The summed E-state index contributed by atoms with van der Waals surface area (Å²) in [6, 6.07) is 15.7. The molecule has 32 heavy (non-hydrogen) atoms. The van der Waals surface area contributed by atoms with Crippen LogP contribution < -0.4 is 5.32 Å². The van der Waals surface area contributed by atoms with Crippen LogP contribution in [-0.2, 0) is 24.2 Å². The molecule has 2 amide bonds. The molecular weight excluding hydrogens is 404 g/mol. The average molecular weight is 433 g/mol. The maximum Gasteiger partial charge on any atom is 0.410 e. The van der Waals surface area contributed by atoms with Gasteiger partial charge < -0.3 is 19.5 Å². The Balaban J connectivity index is 1.38. The van der Waals surface area contributed by atoms with Crippen molar-refractivity contribution in [2.45, 2.75) is 45.9 Å². The number of imidazole rings is 1. The van der Waals surface area contributed by atoms with E-state index in [4.69, 9.17) is 4.74 Å². The van der Waals surface area contributed by atoms with Gasteiger partial charge in [0, 0.05) is 31.4 Å². The summed E-state index contributed by atoms with van der Waals surface area (Å²) in [6.07, 6.45) is 3.90. The summed E-state index contributed by atoms with van der Waals surface area (Å²) < 4.78 is 7.41. The van der Waals surface area contributed by atoms with Gasteiger partial charge in [0.15, 0.2) is 5.82 Å². The van der Waals surface area contributed by atoms with E-state index < -0.39 is 5.60 Å². The molecule has 1 N–H and O–H groups in total. The van der Waals surface area contributed by atoms with E-state index in [1.54, 1.807) is 17.3 Å². The number of hydrogen-bond donors (Lipinski definition) is 1. The molecule has 0 saturated carbocycles. The van der Waals surface area contributed by atoms with Gasteiger partial charge in [0.05, 0.1) is 6.33 Å². The van der Waals surface area contributed by atoms with Crippen LogP contribution in [0.1, 0.15) is 47.8 Å². The van der Waals surface area contributed by atoms with Crippen LogP contribution in [-0.4, -0.2) is 38.6 Å². The van der Waals surface area contributed by atoms with Crippen LogP contribution in [0.25, 0.3) is 0 Å². The second-order valence-corrected chi connectivity index (χ2v) is 9.01. The highest BCUT2D eigenvalue weighted by molar-refractivity contribution is 6.03. The van der Waals surface area contributed by atoms with Gasteiger partial charge in [0.2, 0.25) is 0 Å². The molecule has 4 rings (SSSR count). The SMILES string of the molecule is CC(C)(C)OC(=O)N1CCc2cc(C(=O)Nc3cn(Cc4ccccc4)cn3)ccc2C1. The number of anilines is 1. The zero-order chi connectivity index (χ0) is 22.7. The van der Waals surface area contributed by atoms with Crippen molar-refractivity contribution in [2.75, 3.05) is 11.9 Å². The maximum absolute atomic E-state index is 12.8. The van der Waals surface area contributed by atoms with Gasteiger partial charge in [0.1, 0.15) is 5.60 Å². The van der Waals surface area contributed by atoms with Crippen LogP contribution in [0.4, 0.5) is 10.6 Å². The smallest absolute Gasteiger partial charge is 0.410 e. The second-order valence-electron chi connectivity index (χ2n) is 9.01. The summed E-state index contributed by atoms with van der Waals surface area (Å²) in [7, 11) is 0. The zero-order valence-electron chi connectivity index (χ0n) is 18.7. The predicted octanol–water partition coefficient (Wildman–Crippen LogP) is 4.48. The molecule has 0 saturated heterocycles. The van der Waals surface area contributed by atoms with E-state index in [-0.39, 0.29) is 12.0 Å². The van der Waals surface area contributed by atoms with Gasteiger partial charge in [-0.3, -0.25) is 4.79 Å². The van der Waals surface area contributed by atoms with Crippen LogP contribution in [0.5, 0.6) is 0 Å². The number of hydrogen-bond acceptors (Lipinski definition) is 4. The number of carbonyl (C=O) groups excluding carboxylic acids is 2. The molecule has 0 spiro atoms. The topological polar surface area (TPSA) is 76.5 Å². The van der Waals surface area contributed by atoms with Crippen molar-refractivity contribution in [1.29, 1.82) is 0 Å². The molecule has 7 heteroatoms. The number of fused-ring (bicyclic) bond motifs is 1. The number of ether oxygens (including phenoxy) is 1. The third-order valence-electron chi connectivity index (χ3n) is 5.22. The molecule has 0 fully saturated rings. The molecule has 2 heterocycles. The molecular formula is C25H28N4O3. The Morgan fingerprint density at radius 1 is 1.09 bits per heavy atom. The fraction of sp³-hybridized carbons (Fsp3) is 0.320. The Hall–Kier alpha value is -3.61. The van der Waals surface area contributed by atoms with Crippen LogP contribution >= 0.6 is 0 Å². The molecule has 3 aromatic rings. The van der Waals surface area contributed by atoms with E-state index in [0.717, 1.165) is 16.7 Å². The molecule has 1 aromatic heterocycles. The fourth-order valence-electron chi connectivity index (χ4n) is 3.67. The molecule has 2 aromatic carbocycles. The maximum atomic E-state index is 12.8. The molecule has 0 atom stereocenters. The minimum absolute atomic E-state index is 0.202. The second kappa shape index (κ2) is 8.86. The first-order chi connectivity index (χ1) is 15.3. The summed E-state index contributed by atoms with van der Waals surface area (Å²) in [6.45, 7) is 7.32. The summed E-state index contributed by atoms with van der Waals surface area (Å²) in [5.74, 6) is 0.312. The number of nitrogens with one attached hydrogen (secondary N) is 1. The highest BCUT2D eigenvalue weighted by Crippen LogP contribution is 2.23. The van der Waals surface area contributed by atoms with Gasteiger partial charge in [-0.1, -0.05) is 36.4 Å². The van der Waals surface area contributed by atoms with Crippen molar-refractivity contribution in [2.24, 2.45) is 0 Å². The average Bonchev–Trinajstić information content (AvgIpc) is 3.19. The van der Waals surface area contributed by atoms with Crippen LogP contribution in [0.15, 0.2) is 61.1 Å². The molecule has 0 aliphatic carbocycles. The number of carbonyl (C=O) groups is 2. The van der Waals surface area contributed by atoms with Crippen LogP contribution in [0, 0.1) is 0 Å². The summed E-state index contributed by atoms with van der Waals surface area (Å²) in [5.41, 5.74) is 3.33. The minimum atomic E-state index is -0.520. The van der Waals surface area contributed by atoms with E-state index in [1.807, 2.05) is 61.9 Å². The Kier molecular flexibility index (Phi) is 5.99. The first-order valence-corrected chi connectivity index (χ1v) is 10.7. The highest BCUT2D eigenvalue weighted by atomic mass is 16.6. The Morgan fingerprint density at radius 2 is 1.88 bits per heavy atom. The lowest BCUT2D eigenvalue weighted by Gasteiger charge is -2.31. The first kappa shape index (κ1) is 21.6. The summed E-state index contributed by atoms with van der Waals surface area (Å²) in [5, 5.41) is 2.87. The van der Waals surface area contributed by atoms with Crippen molar-refractivity contribution in [3.8, 4) is 0 Å². The number of amides is 2. The van der Waals surface area contributed by atoms with E-state index in [1.165, 1.54) is 0 Å². The molecule has 1 aliphatic heterocycles. The van der Waals surface area contributed by atoms with Crippen LogP contribution in [0.2, 0.25) is 0 Å². The molecule has 0 bridgehead atoms. The summed E-state index contributed by atoms with van der Waals surface area (Å²) >= 11 is 0. The van der Waals surface area contributed by atoms with Crippen molar-refractivity contribution < 1.29 is 14.3 Å². The monoisotopic (exact) mass is 432 g/mol. The Labute approximate surface area is 188 Å². The lowest BCUT2D eigenvalue weighted by molar-refractivity contribution is 0.0224. The van der Waals surface area contributed by atoms with Gasteiger partial charge in [-0.2, -0.15) is 0 Å². The molecule has 1 aliphatic rings. The van der Waals surface area contributed by atoms with Gasteiger partial charge in [-0.15, -0.1) is 0 Å². The van der Waals surface area contributed by atoms with Gasteiger partial charge >= 0.3 is 6.09 Å². The highest BCUT2D eigenvalue weighted by Gasteiger charge is 2.26. The van der Waals surface area contributed by atoms with Gasteiger partial charge in [-0.25, -0.2) is 9.78 Å². The van der Waals surface area contributed by atoms with Crippen molar-refractivity contribution in [3.05, 3.63) is 83.3 Å². The lowest BCUT2D eigenvalue weighted by Crippen LogP contribution is -2.39. The third kappa shape index (κ3) is 5.35. The van der Waals surface area contributed by atoms with Crippen molar-refractivity contribution in [1.82, 2.24) is 14.5 Å². The normalized spacial score (nSPS) is 13.4. The number of rotatable bonds is 4. The quantitative estimate of drug-likeness (QED) is 0.660. The molecule has 0 unspecified atom stereocenters. The van der Waals surface area contributed by atoms with Crippen molar-refractivity contribution >= 4 is 17.8 Å². The minimum Gasteiger partial charge on any atom is -0.444 e. The standard InChI is InChI=1S/C25H28N4O3/c1-25(2,3)32-24(31)29-12-11-19-13-20(9-10-21(19)15-29)23(30)27-22-16-28(17-26-22)14-18-7-5-4-6-8-18/h4-10,13,16-17H,11-12,14-15H2,1-3H3,(H,27,30). The van der Waals surface area contributed by atoms with Crippen molar-refractivity contribution in [3.63, 3.8) is 0 Å². The van der Waals surface area contributed by atoms with Gasteiger partial charge in [0.25, 0.3) is 5.91 Å².